The normalized spacial score (nSPS) is 11.1. The lowest BCUT2D eigenvalue weighted by atomic mass is 10.1. The van der Waals surface area contributed by atoms with Crippen LogP contribution in [-0.2, 0) is 5.75 Å². The van der Waals surface area contributed by atoms with Gasteiger partial charge in [-0.2, -0.15) is 0 Å². The Kier molecular flexibility index (Phi) is 4.37. The molecule has 3 heterocycles. The molecule has 8 heteroatoms. The fraction of sp³-hybridized carbons (Fsp3) is 0.176. The van der Waals surface area contributed by atoms with Crippen molar-refractivity contribution in [3.05, 3.63) is 52.7 Å². The van der Waals surface area contributed by atoms with Gasteiger partial charge in [0.15, 0.2) is 0 Å². The maximum absolute atomic E-state index is 5.73. The number of aromatic nitrogens is 4. The average molecular weight is 370 g/mol. The maximum Gasteiger partial charge on any atom is 0.277 e. The highest BCUT2D eigenvalue weighted by atomic mass is 32.2. The highest BCUT2D eigenvalue weighted by Gasteiger charge is 2.13. The van der Waals surface area contributed by atoms with Gasteiger partial charge in [-0.25, -0.2) is 0 Å². The summed E-state index contributed by atoms with van der Waals surface area (Å²) in [6.45, 7) is 4.09. The molecule has 3 aromatic heterocycles. The minimum Gasteiger partial charge on any atom is -0.419 e. The number of benzene rings is 1. The molecule has 0 unspecified atom stereocenters. The van der Waals surface area contributed by atoms with Crippen molar-refractivity contribution in [3.63, 3.8) is 0 Å². The molecule has 0 atom stereocenters. The fourth-order valence-electron chi connectivity index (χ4n) is 2.42. The molecule has 4 aromatic rings. The standard InChI is InChI=1S/C17H14N4O2S2/c1-10-6-11(2)8-12(7-10)15-19-21-17(23-15)25-9-14-18-20-16(22-14)13-4-3-5-24-13/h3-8H,9H2,1-2H3. The third-order valence-corrected chi connectivity index (χ3v) is 5.05. The molecule has 0 spiro atoms. The van der Waals surface area contributed by atoms with Gasteiger partial charge >= 0.3 is 0 Å². The Bertz CT molecular complexity index is 972. The van der Waals surface area contributed by atoms with E-state index in [4.69, 9.17) is 8.83 Å². The van der Waals surface area contributed by atoms with Crippen molar-refractivity contribution in [1.82, 2.24) is 20.4 Å². The van der Waals surface area contributed by atoms with Crippen molar-refractivity contribution >= 4 is 23.1 Å². The number of hydrogen-bond acceptors (Lipinski definition) is 8. The van der Waals surface area contributed by atoms with E-state index in [0.717, 1.165) is 21.6 Å². The number of hydrogen-bond donors (Lipinski definition) is 0. The number of aryl methyl sites for hydroxylation is 2. The van der Waals surface area contributed by atoms with Gasteiger partial charge in [0.05, 0.1) is 10.6 Å². The first-order valence-corrected chi connectivity index (χ1v) is 9.45. The summed E-state index contributed by atoms with van der Waals surface area (Å²) in [6.07, 6.45) is 0. The maximum atomic E-state index is 5.73. The third kappa shape index (κ3) is 3.64. The predicted molar refractivity (Wildman–Crippen MR) is 96.4 cm³/mol. The van der Waals surface area contributed by atoms with Gasteiger partial charge in [0, 0.05) is 5.56 Å². The molecule has 0 aliphatic carbocycles. The van der Waals surface area contributed by atoms with Crippen LogP contribution in [0, 0.1) is 13.8 Å². The van der Waals surface area contributed by atoms with Crippen LogP contribution >= 0.6 is 23.1 Å². The van der Waals surface area contributed by atoms with Crippen molar-refractivity contribution in [2.24, 2.45) is 0 Å². The molecule has 4 rings (SSSR count). The number of thioether (sulfide) groups is 1. The summed E-state index contributed by atoms with van der Waals surface area (Å²) in [5.41, 5.74) is 3.25. The second kappa shape index (κ2) is 6.81. The van der Waals surface area contributed by atoms with Crippen LogP contribution in [0.3, 0.4) is 0 Å². The largest absolute Gasteiger partial charge is 0.419 e. The zero-order chi connectivity index (χ0) is 17.2. The van der Waals surface area contributed by atoms with E-state index in [1.165, 1.54) is 11.8 Å². The average Bonchev–Trinajstić information content (AvgIpc) is 3.32. The molecule has 0 radical (unpaired) electrons. The first-order valence-electron chi connectivity index (χ1n) is 7.58. The van der Waals surface area contributed by atoms with Crippen molar-refractivity contribution in [2.45, 2.75) is 24.8 Å². The fourth-order valence-corrected chi connectivity index (χ4v) is 3.66. The SMILES string of the molecule is Cc1cc(C)cc(-c2nnc(SCc3nnc(-c4cccs4)o3)o2)c1. The number of rotatable bonds is 5. The summed E-state index contributed by atoms with van der Waals surface area (Å²) in [5, 5.41) is 18.8. The lowest BCUT2D eigenvalue weighted by Gasteiger charge is -1.99. The minimum atomic E-state index is 0.477. The highest BCUT2D eigenvalue weighted by Crippen LogP contribution is 2.28. The van der Waals surface area contributed by atoms with E-state index in [1.54, 1.807) is 11.3 Å². The van der Waals surface area contributed by atoms with Gasteiger partial charge in [0.2, 0.25) is 11.8 Å². The molecule has 0 aliphatic heterocycles. The Balaban J connectivity index is 1.45. The molecular formula is C17H14N4O2S2. The predicted octanol–water partition coefficient (Wildman–Crippen LogP) is 4.76. The zero-order valence-electron chi connectivity index (χ0n) is 13.6. The van der Waals surface area contributed by atoms with Crippen LogP contribution < -0.4 is 0 Å². The Morgan fingerprint density at radius 2 is 1.76 bits per heavy atom. The van der Waals surface area contributed by atoms with Gasteiger partial charge in [-0.3, -0.25) is 0 Å². The smallest absolute Gasteiger partial charge is 0.277 e. The van der Waals surface area contributed by atoms with Crippen molar-refractivity contribution in [2.75, 3.05) is 0 Å². The van der Waals surface area contributed by atoms with E-state index in [2.05, 4.69) is 26.5 Å². The third-order valence-electron chi connectivity index (χ3n) is 3.39. The van der Waals surface area contributed by atoms with Crippen LogP contribution in [0.2, 0.25) is 0 Å². The van der Waals surface area contributed by atoms with Crippen LogP contribution in [0.25, 0.3) is 22.2 Å². The highest BCUT2D eigenvalue weighted by molar-refractivity contribution is 7.98. The van der Waals surface area contributed by atoms with Crippen LogP contribution in [0.1, 0.15) is 17.0 Å². The lowest BCUT2D eigenvalue weighted by Crippen LogP contribution is -1.82. The molecule has 1 aromatic carbocycles. The van der Waals surface area contributed by atoms with Crippen LogP contribution in [-0.4, -0.2) is 20.4 Å². The molecule has 0 N–H and O–H groups in total. The molecule has 6 nitrogen and oxygen atoms in total. The summed E-state index contributed by atoms with van der Waals surface area (Å²) >= 11 is 2.94. The second-order valence-electron chi connectivity index (χ2n) is 5.52. The monoisotopic (exact) mass is 370 g/mol. The van der Waals surface area contributed by atoms with Crippen LogP contribution in [0.4, 0.5) is 0 Å². The van der Waals surface area contributed by atoms with Crippen LogP contribution in [0.15, 0.2) is 49.8 Å². The van der Waals surface area contributed by atoms with Crippen molar-refractivity contribution in [1.29, 1.82) is 0 Å². The molecule has 0 amide bonds. The van der Waals surface area contributed by atoms with Gasteiger partial charge in [-0.1, -0.05) is 35.0 Å². The molecular weight excluding hydrogens is 356 g/mol. The molecule has 126 valence electrons. The van der Waals surface area contributed by atoms with E-state index >= 15 is 0 Å². The van der Waals surface area contributed by atoms with Crippen molar-refractivity contribution < 1.29 is 8.83 Å². The zero-order valence-corrected chi connectivity index (χ0v) is 15.2. The summed E-state index contributed by atoms with van der Waals surface area (Å²) in [5.74, 6) is 2.05. The Morgan fingerprint density at radius 3 is 2.52 bits per heavy atom. The first-order chi connectivity index (χ1) is 12.2. The number of thiophene rings is 1. The Hall–Kier alpha value is -2.45. The van der Waals surface area contributed by atoms with Gasteiger partial charge in [0.25, 0.3) is 11.1 Å². The molecule has 0 bridgehead atoms. The lowest BCUT2D eigenvalue weighted by molar-refractivity contribution is 0.464. The van der Waals surface area contributed by atoms with Crippen molar-refractivity contribution in [3.8, 4) is 22.2 Å². The van der Waals surface area contributed by atoms with E-state index < -0.39 is 0 Å². The van der Waals surface area contributed by atoms with E-state index in [1.807, 2.05) is 43.5 Å². The van der Waals surface area contributed by atoms with Gasteiger partial charge < -0.3 is 8.83 Å². The van der Waals surface area contributed by atoms with Gasteiger partial charge in [0.1, 0.15) is 0 Å². The number of nitrogens with zero attached hydrogens (tertiary/aromatic N) is 4. The van der Waals surface area contributed by atoms with Gasteiger partial charge in [-0.05, 0) is 37.4 Å². The summed E-state index contributed by atoms with van der Waals surface area (Å²) in [6, 6.07) is 10.1. The molecule has 0 fully saturated rings. The van der Waals surface area contributed by atoms with Crippen LogP contribution in [0.5, 0.6) is 0 Å². The summed E-state index contributed by atoms with van der Waals surface area (Å²) in [4.78, 5) is 0.957. The van der Waals surface area contributed by atoms with E-state index in [0.29, 0.717) is 28.6 Å². The second-order valence-corrected chi connectivity index (χ2v) is 7.39. The van der Waals surface area contributed by atoms with Gasteiger partial charge in [-0.15, -0.1) is 31.7 Å². The van der Waals surface area contributed by atoms with E-state index in [-0.39, 0.29) is 0 Å². The minimum absolute atomic E-state index is 0.477. The Morgan fingerprint density at radius 1 is 0.960 bits per heavy atom. The topological polar surface area (TPSA) is 77.8 Å². The quantitative estimate of drug-likeness (QED) is 0.469. The molecule has 0 aliphatic rings. The Labute approximate surface area is 152 Å². The summed E-state index contributed by atoms with van der Waals surface area (Å²) < 4.78 is 11.4. The summed E-state index contributed by atoms with van der Waals surface area (Å²) in [7, 11) is 0. The molecule has 0 saturated heterocycles. The molecule has 25 heavy (non-hydrogen) atoms. The molecule has 0 saturated carbocycles. The van der Waals surface area contributed by atoms with E-state index in [9.17, 15) is 0 Å². The first kappa shape index (κ1) is 16.0.